The SMILES string of the molecule is C=C(C)/C(=N\C=CC)NC=CCCC. The van der Waals surface area contributed by atoms with Crippen molar-refractivity contribution in [3.8, 4) is 0 Å². The number of rotatable bonds is 5. The van der Waals surface area contributed by atoms with Gasteiger partial charge in [0.15, 0.2) is 0 Å². The van der Waals surface area contributed by atoms with Crippen LogP contribution in [0.15, 0.2) is 41.7 Å². The summed E-state index contributed by atoms with van der Waals surface area (Å²) in [7, 11) is 0. The van der Waals surface area contributed by atoms with Crippen molar-refractivity contribution >= 4 is 5.84 Å². The molecule has 0 aromatic rings. The van der Waals surface area contributed by atoms with E-state index in [9.17, 15) is 0 Å². The van der Waals surface area contributed by atoms with Crippen LogP contribution >= 0.6 is 0 Å². The van der Waals surface area contributed by atoms with Crippen LogP contribution in [0.1, 0.15) is 33.6 Å². The maximum atomic E-state index is 4.21. The second kappa shape index (κ2) is 8.30. The van der Waals surface area contributed by atoms with Gasteiger partial charge in [0.2, 0.25) is 0 Å². The van der Waals surface area contributed by atoms with Crippen LogP contribution in [-0.2, 0) is 0 Å². The Kier molecular flexibility index (Phi) is 7.52. The molecule has 0 atom stereocenters. The molecule has 0 aromatic heterocycles. The van der Waals surface area contributed by atoms with Gasteiger partial charge in [-0.25, -0.2) is 4.99 Å². The maximum Gasteiger partial charge on any atom is 0.132 e. The number of unbranched alkanes of at least 4 members (excludes halogenated alkanes) is 1. The highest BCUT2D eigenvalue weighted by molar-refractivity contribution is 5.98. The summed E-state index contributed by atoms with van der Waals surface area (Å²) in [5, 5.41) is 3.11. The quantitative estimate of drug-likeness (QED) is 0.524. The van der Waals surface area contributed by atoms with E-state index < -0.39 is 0 Å². The summed E-state index contributed by atoms with van der Waals surface area (Å²) in [4.78, 5) is 4.21. The minimum Gasteiger partial charge on any atom is -0.347 e. The Labute approximate surface area is 87.1 Å². The van der Waals surface area contributed by atoms with E-state index in [4.69, 9.17) is 0 Å². The van der Waals surface area contributed by atoms with Crippen LogP contribution in [0, 0.1) is 0 Å². The average Bonchev–Trinajstić information content (AvgIpc) is 2.16. The standard InChI is InChI=1S/C12H20N2/c1-5-7-8-10-14-12(11(3)4)13-9-6-2/h6,8-10H,3,5,7H2,1-2,4H3,(H,13,14). The normalized spacial score (nSPS) is 12.6. The molecule has 14 heavy (non-hydrogen) atoms. The van der Waals surface area contributed by atoms with Crippen molar-refractivity contribution in [2.75, 3.05) is 0 Å². The lowest BCUT2D eigenvalue weighted by molar-refractivity contribution is 0.951. The number of hydrogen-bond acceptors (Lipinski definition) is 1. The molecule has 2 heteroatoms. The van der Waals surface area contributed by atoms with Gasteiger partial charge in [-0.1, -0.05) is 32.1 Å². The van der Waals surface area contributed by atoms with Crippen molar-refractivity contribution in [3.05, 3.63) is 36.7 Å². The zero-order valence-corrected chi connectivity index (χ0v) is 9.38. The third-order valence-electron chi connectivity index (χ3n) is 1.55. The second-order valence-electron chi connectivity index (χ2n) is 3.08. The number of aliphatic imine (C=N–C) groups is 1. The third-order valence-corrected chi connectivity index (χ3v) is 1.55. The first-order valence-corrected chi connectivity index (χ1v) is 4.98. The van der Waals surface area contributed by atoms with Crippen LogP contribution in [0.2, 0.25) is 0 Å². The lowest BCUT2D eigenvalue weighted by Gasteiger charge is -2.03. The van der Waals surface area contributed by atoms with Crippen LogP contribution in [0.4, 0.5) is 0 Å². The molecule has 0 bridgehead atoms. The Bertz CT molecular complexity index is 247. The number of nitrogens with zero attached hydrogens (tertiary/aromatic N) is 1. The highest BCUT2D eigenvalue weighted by Crippen LogP contribution is 1.93. The van der Waals surface area contributed by atoms with E-state index in [1.807, 2.05) is 26.1 Å². The number of nitrogens with one attached hydrogen (secondary N) is 1. The predicted molar refractivity (Wildman–Crippen MR) is 64.2 cm³/mol. The van der Waals surface area contributed by atoms with Gasteiger partial charge in [0, 0.05) is 6.20 Å². The van der Waals surface area contributed by atoms with E-state index in [2.05, 4.69) is 29.9 Å². The molecule has 0 radical (unpaired) electrons. The van der Waals surface area contributed by atoms with Crippen LogP contribution in [0.3, 0.4) is 0 Å². The molecule has 0 aliphatic rings. The van der Waals surface area contributed by atoms with E-state index in [-0.39, 0.29) is 0 Å². The minimum atomic E-state index is 0.815. The summed E-state index contributed by atoms with van der Waals surface area (Å²) in [6.45, 7) is 9.87. The number of allylic oxidation sites excluding steroid dienone is 2. The fraction of sp³-hybridized carbons (Fsp3) is 0.417. The zero-order valence-electron chi connectivity index (χ0n) is 9.38. The predicted octanol–water partition coefficient (Wildman–Crippen LogP) is 3.40. The first-order chi connectivity index (χ1) is 6.72. The van der Waals surface area contributed by atoms with E-state index in [0.717, 1.165) is 24.3 Å². The first-order valence-electron chi connectivity index (χ1n) is 4.98. The van der Waals surface area contributed by atoms with Crippen LogP contribution < -0.4 is 5.32 Å². The van der Waals surface area contributed by atoms with Crippen LogP contribution in [0.5, 0.6) is 0 Å². The van der Waals surface area contributed by atoms with Gasteiger partial charge < -0.3 is 5.32 Å². The van der Waals surface area contributed by atoms with Crippen LogP contribution in [0.25, 0.3) is 0 Å². The third kappa shape index (κ3) is 6.23. The van der Waals surface area contributed by atoms with Gasteiger partial charge in [0.1, 0.15) is 5.84 Å². The molecule has 0 saturated carbocycles. The zero-order chi connectivity index (χ0) is 10.8. The fourth-order valence-electron chi connectivity index (χ4n) is 0.808. The molecule has 0 aromatic carbocycles. The molecular formula is C12H20N2. The van der Waals surface area contributed by atoms with Crippen molar-refractivity contribution in [2.45, 2.75) is 33.6 Å². The Morgan fingerprint density at radius 2 is 2.21 bits per heavy atom. The van der Waals surface area contributed by atoms with Gasteiger partial charge >= 0.3 is 0 Å². The Balaban J connectivity index is 4.18. The molecule has 78 valence electrons. The molecule has 0 heterocycles. The topological polar surface area (TPSA) is 24.4 Å². The Morgan fingerprint density at radius 1 is 1.50 bits per heavy atom. The molecule has 0 aliphatic carbocycles. The van der Waals surface area contributed by atoms with Gasteiger partial charge in [-0.3, -0.25) is 0 Å². The Morgan fingerprint density at radius 3 is 2.71 bits per heavy atom. The number of hydrogen-bond donors (Lipinski definition) is 1. The lowest BCUT2D eigenvalue weighted by atomic mass is 10.3. The van der Waals surface area contributed by atoms with Crippen molar-refractivity contribution in [1.29, 1.82) is 0 Å². The van der Waals surface area contributed by atoms with E-state index in [0.29, 0.717) is 0 Å². The van der Waals surface area contributed by atoms with E-state index >= 15 is 0 Å². The molecule has 0 amide bonds. The summed E-state index contributed by atoms with van der Waals surface area (Å²) in [6.07, 6.45) is 9.90. The molecular weight excluding hydrogens is 172 g/mol. The number of amidine groups is 1. The van der Waals surface area contributed by atoms with Gasteiger partial charge in [0.25, 0.3) is 0 Å². The van der Waals surface area contributed by atoms with Gasteiger partial charge in [0.05, 0.1) is 0 Å². The molecule has 0 saturated heterocycles. The smallest absolute Gasteiger partial charge is 0.132 e. The molecule has 0 aliphatic heterocycles. The van der Waals surface area contributed by atoms with E-state index in [1.165, 1.54) is 0 Å². The molecule has 0 fully saturated rings. The second-order valence-corrected chi connectivity index (χ2v) is 3.08. The minimum absolute atomic E-state index is 0.815. The molecule has 0 rings (SSSR count). The summed E-state index contributed by atoms with van der Waals surface area (Å²) in [5.74, 6) is 0.815. The molecule has 2 nitrogen and oxygen atoms in total. The summed E-state index contributed by atoms with van der Waals surface area (Å²) < 4.78 is 0. The van der Waals surface area contributed by atoms with Crippen LogP contribution in [-0.4, -0.2) is 5.84 Å². The summed E-state index contributed by atoms with van der Waals surface area (Å²) >= 11 is 0. The summed E-state index contributed by atoms with van der Waals surface area (Å²) in [6, 6.07) is 0. The summed E-state index contributed by atoms with van der Waals surface area (Å²) in [5.41, 5.74) is 0.934. The Hall–Kier alpha value is -1.31. The van der Waals surface area contributed by atoms with Crippen molar-refractivity contribution < 1.29 is 0 Å². The molecule has 0 unspecified atom stereocenters. The monoisotopic (exact) mass is 192 g/mol. The van der Waals surface area contributed by atoms with Gasteiger partial charge in [-0.05, 0) is 32.0 Å². The first kappa shape index (κ1) is 12.7. The van der Waals surface area contributed by atoms with Crippen molar-refractivity contribution in [3.63, 3.8) is 0 Å². The van der Waals surface area contributed by atoms with Crippen molar-refractivity contribution in [1.82, 2.24) is 5.32 Å². The van der Waals surface area contributed by atoms with Gasteiger partial charge in [-0.15, -0.1) is 0 Å². The highest BCUT2D eigenvalue weighted by Gasteiger charge is 1.93. The fourth-order valence-corrected chi connectivity index (χ4v) is 0.808. The maximum absolute atomic E-state index is 4.21. The van der Waals surface area contributed by atoms with Gasteiger partial charge in [-0.2, -0.15) is 0 Å². The lowest BCUT2D eigenvalue weighted by Crippen LogP contribution is -2.17. The molecule has 1 N–H and O–H groups in total. The highest BCUT2D eigenvalue weighted by atomic mass is 15.0. The average molecular weight is 192 g/mol. The molecule has 0 spiro atoms. The van der Waals surface area contributed by atoms with Crippen molar-refractivity contribution in [2.24, 2.45) is 4.99 Å². The van der Waals surface area contributed by atoms with E-state index in [1.54, 1.807) is 6.20 Å². The largest absolute Gasteiger partial charge is 0.347 e.